The smallest absolute Gasteiger partial charge is 0.221 e. The van der Waals surface area contributed by atoms with Crippen LogP contribution in [0.5, 0.6) is 0 Å². The summed E-state index contributed by atoms with van der Waals surface area (Å²) in [6.07, 6.45) is 6.02. The first-order valence-electron chi connectivity index (χ1n) is 7.32. The normalized spacial score (nSPS) is 17.4. The van der Waals surface area contributed by atoms with Crippen molar-refractivity contribution in [3.63, 3.8) is 0 Å². The maximum absolute atomic E-state index is 11.4. The molecular formula is C15H32N2O. The van der Waals surface area contributed by atoms with E-state index in [9.17, 15) is 4.79 Å². The highest BCUT2D eigenvalue weighted by atomic mass is 16.1. The minimum absolute atomic E-state index is 0.164. The van der Waals surface area contributed by atoms with Gasteiger partial charge in [-0.25, -0.2) is 0 Å². The Bertz CT molecular complexity index is 225. The third-order valence-corrected chi connectivity index (χ3v) is 2.61. The summed E-state index contributed by atoms with van der Waals surface area (Å²) in [5, 5.41) is 6.02. The molecule has 2 N–H and O–H groups in total. The van der Waals surface area contributed by atoms with E-state index >= 15 is 0 Å². The minimum Gasteiger partial charge on any atom is -0.353 e. The number of carbonyl (C=O) groups is 1. The molecule has 0 saturated heterocycles. The van der Waals surface area contributed by atoms with Crippen LogP contribution in [0.25, 0.3) is 0 Å². The van der Waals surface area contributed by atoms with Crippen LogP contribution in [-0.4, -0.2) is 25.5 Å². The van der Waals surface area contributed by atoms with Crippen molar-refractivity contribution in [2.24, 2.45) is 0 Å². The van der Waals surface area contributed by atoms with Crippen LogP contribution in [0.1, 0.15) is 60.3 Å². The van der Waals surface area contributed by atoms with Gasteiger partial charge in [-0.05, 0) is 33.2 Å². The molecule has 1 aliphatic carbocycles. The molecule has 0 bridgehead atoms. The molecular weight excluding hydrogens is 224 g/mol. The lowest BCUT2D eigenvalue weighted by atomic mass is 9.96. The molecule has 1 rings (SSSR count). The Morgan fingerprint density at radius 3 is 2.39 bits per heavy atom. The molecule has 0 heterocycles. The maximum atomic E-state index is 11.4. The number of hydrogen-bond donors (Lipinski definition) is 2. The molecule has 3 heteroatoms. The average Bonchev–Trinajstić information content (AvgIpc) is 2.43. The third-order valence-electron chi connectivity index (χ3n) is 2.61. The summed E-state index contributed by atoms with van der Waals surface area (Å²) in [5.74, 6) is 0.164. The Labute approximate surface area is 113 Å². The summed E-state index contributed by atoms with van der Waals surface area (Å²) in [6.45, 7) is 10.9. The first kappa shape index (κ1) is 19.5. The average molecular weight is 256 g/mol. The van der Waals surface area contributed by atoms with Crippen LogP contribution in [0.3, 0.4) is 0 Å². The van der Waals surface area contributed by atoms with Crippen LogP contribution in [-0.2, 0) is 4.79 Å². The number of hydrogen-bond acceptors (Lipinski definition) is 2. The van der Waals surface area contributed by atoms with Crippen molar-refractivity contribution in [3.05, 3.63) is 11.6 Å². The molecule has 3 nitrogen and oxygen atoms in total. The molecule has 1 aliphatic rings. The fraction of sp³-hybridized carbons (Fsp3) is 0.800. The number of rotatable bonds is 4. The van der Waals surface area contributed by atoms with Gasteiger partial charge in [-0.3, -0.25) is 4.79 Å². The predicted octanol–water partition coefficient (Wildman–Crippen LogP) is 3.26. The van der Waals surface area contributed by atoms with Crippen molar-refractivity contribution in [2.45, 2.75) is 66.3 Å². The largest absolute Gasteiger partial charge is 0.353 e. The molecule has 0 spiro atoms. The number of nitrogens with one attached hydrogen (secondary N) is 2. The van der Waals surface area contributed by atoms with Gasteiger partial charge in [0.25, 0.3) is 0 Å². The molecule has 0 radical (unpaired) electrons. The molecule has 108 valence electrons. The summed E-state index contributed by atoms with van der Waals surface area (Å²) < 4.78 is 0. The molecule has 1 atom stereocenters. The van der Waals surface area contributed by atoms with Crippen LogP contribution >= 0.6 is 0 Å². The van der Waals surface area contributed by atoms with Gasteiger partial charge in [0.1, 0.15) is 0 Å². The molecule has 1 unspecified atom stereocenters. The molecule has 0 aliphatic heterocycles. The van der Waals surface area contributed by atoms with Crippen molar-refractivity contribution in [1.82, 2.24) is 10.6 Å². The summed E-state index contributed by atoms with van der Waals surface area (Å²) in [6, 6.07) is 0.364. The lowest BCUT2D eigenvalue weighted by Gasteiger charge is -2.21. The zero-order valence-electron chi connectivity index (χ0n) is 13.1. The van der Waals surface area contributed by atoms with E-state index in [1.807, 2.05) is 34.7 Å². The number of amides is 1. The van der Waals surface area contributed by atoms with Crippen molar-refractivity contribution >= 4 is 5.91 Å². The van der Waals surface area contributed by atoms with Gasteiger partial charge in [-0.1, -0.05) is 39.3 Å². The van der Waals surface area contributed by atoms with Gasteiger partial charge >= 0.3 is 0 Å². The number of carbonyl (C=O) groups excluding carboxylic acids is 1. The molecule has 0 aromatic rings. The molecule has 0 aromatic carbocycles. The van der Waals surface area contributed by atoms with Gasteiger partial charge in [0.15, 0.2) is 0 Å². The van der Waals surface area contributed by atoms with Crippen LogP contribution in [0.15, 0.2) is 11.6 Å². The van der Waals surface area contributed by atoms with E-state index in [4.69, 9.17) is 0 Å². The summed E-state index contributed by atoms with van der Waals surface area (Å²) >= 11 is 0. The fourth-order valence-corrected chi connectivity index (χ4v) is 1.63. The second-order valence-electron chi connectivity index (χ2n) is 3.94. The highest BCUT2D eigenvalue weighted by molar-refractivity contribution is 5.76. The third kappa shape index (κ3) is 10.3. The van der Waals surface area contributed by atoms with Gasteiger partial charge in [0.2, 0.25) is 5.91 Å². The van der Waals surface area contributed by atoms with Gasteiger partial charge in [-0.15, -0.1) is 0 Å². The number of allylic oxidation sites excluding steroid dienone is 1. The van der Waals surface area contributed by atoms with E-state index in [0.717, 1.165) is 25.8 Å². The summed E-state index contributed by atoms with van der Waals surface area (Å²) in [4.78, 5) is 11.4. The van der Waals surface area contributed by atoms with Crippen LogP contribution in [0.2, 0.25) is 0 Å². The van der Waals surface area contributed by atoms with Crippen molar-refractivity contribution in [3.8, 4) is 0 Å². The zero-order chi connectivity index (χ0) is 14.4. The van der Waals surface area contributed by atoms with Gasteiger partial charge in [-0.2, -0.15) is 0 Å². The lowest BCUT2D eigenvalue weighted by molar-refractivity contribution is -0.121. The van der Waals surface area contributed by atoms with E-state index < -0.39 is 0 Å². The second kappa shape index (κ2) is 14.2. The topological polar surface area (TPSA) is 41.1 Å². The van der Waals surface area contributed by atoms with E-state index in [1.54, 1.807) is 0 Å². The second-order valence-corrected chi connectivity index (χ2v) is 3.94. The quantitative estimate of drug-likeness (QED) is 0.758. The van der Waals surface area contributed by atoms with Crippen LogP contribution < -0.4 is 10.6 Å². The highest BCUT2D eigenvalue weighted by Crippen LogP contribution is 2.17. The predicted molar refractivity (Wildman–Crippen MR) is 80.8 cm³/mol. The molecule has 1 amide bonds. The highest BCUT2D eigenvalue weighted by Gasteiger charge is 2.14. The Kier molecular flexibility index (Phi) is 15.4. The zero-order valence-corrected chi connectivity index (χ0v) is 13.1. The molecule has 0 aromatic heterocycles. The van der Waals surface area contributed by atoms with E-state index in [-0.39, 0.29) is 5.91 Å². The Morgan fingerprint density at radius 2 is 1.94 bits per heavy atom. The van der Waals surface area contributed by atoms with Gasteiger partial charge in [0.05, 0.1) is 0 Å². The van der Waals surface area contributed by atoms with E-state index in [1.165, 1.54) is 5.57 Å². The van der Waals surface area contributed by atoms with Crippen molar-refractivity contribution < 1.29 is 4.79 Å². The summed E-state index contributed by atoms with van der Waals surface area (Å²) in [7, 11) is 1.86. The Balaban J connectivity index is 0. The maximum Gasteiger partial charge on any atom is 0.221 e. The fourth-order valence-electron chi connectivity index (χ4n) is 1.63. The van der Waals surface area contributed by atoms with Crippen molar-refractivity contribution in [1.29, 1.82) is 0 Å². The van der Waals surface area contributed by atoms with Gasteiger partial charge < -0.3 is 10.6 Å². The lowest BCUT2D eigenvalue weighted by Crippen LogP contribution is -2.36. The Hall–Kier alpha value is -0.830. The summed E-state index contributed by atoms with van der Waals surface area (Å²) in [5.41, 5.74) is 1.45. The monoisotopic (exact) mass is 256 g/mol. The van der Waals surface area contributed by atoms with Gasteiger partial charge in [0, 0.05) is 19.0 Å². The minimum atomic E-state index is 0.164. The Morgan fingerprint density at radius 1 is 1.33 bits per heavy atom. The standard InChI is InChI=1S/C11H20N2O.2C2H6/c1-9-3-5-10(6-4-9)13-11(14)7-8-12-2;2*1-2/h3,10,12H,4-8H2,1-2H3,(H,13,14);2*1-2H3. The first-order valence-corrected chi connectivity index (χ1v) is 7.32. The van der Waals surface area contributed by atoms with Crippen LogP contribution in [0, 0.1) is 0 Å². The molecule has 0 saturated carbocycles. The van der Waals surface area contributed by atoms with Crippen LogP contribution in [0.4, 0.5) is 0 Å². The van der Waals surface area contributed by atoms with Crippen molar-refractivity contribution in [2.75, 3.05) is 13.6 Å². The molecule has 0 fully saturated rings. The molecule has 18 heavy (non-hydrogen) atoms. The SMILES string of the molecule is CC.CC.CNCCC(=O)NC1CC=C(C)CC1. The van der Waals surface area contributed by atoms with E-state index in [2.05, 4.69) is 23.6 Å². The first-order chi connectivity index (χ1) is 8.72. The van der Waals surface area contributed by atoms with E-state index in [0.29, 0.717) is 12.5 Å².